The lowest BCUT2D eigenvalue weighted by Crippen LogP contribution is -2.43. The Kier molecular flexibility index (Phi) is 6.49. The molecule has 0 aromatic heterocycles. The van der Waals surface area contributed by atoms with Crippen molar-refractivity contribution in [2.75, 3.05) is 33.4 Å². The van der Waals surface area contributed by atoms with Gasteiger partial charge in [0, 0.05) is 26.7 Å². The minimum absolute atomic E-state index is 0.240. The standard InChI is InChI=1S/C17H32N2O2/c1-14(15-4-9-18-10-5-15)12-16(20)19-13-17(6-3-7-17)8-11-21-2/h14-15,18H,3-13H2,1-2H3,(H,19,20). The molecule has 2 fully saturated rings. The molecular weight excluding hydrogens is 264 g/mol. The van der Waals surface area contributed by atoms with Gasteiger partial charge in [-0.05, 0) is 62.4 Å². The van der Waals surface area contributed by atoms with Crippen LogP contribution in [0.3, 0.4) is 0 Å². The zero-order valence-corrected chi connectivity index (χ0v) is 13.7. The number of nitrogens with one attached hydrogen (secondary N) is 2. The smallest absolute Gasteiger partial charge is 0.220 e. The first-order chi connectivity index (χ1) is 10.2. The minimum Gasteiger partial charge on any atom is -0.385 e. The molecule has 1 unspecified atom stereocenters. The number of rotatable bonds is 8. The molecule has 1 saturated heterocycles. The van der Waals surface area contributed by atoms with Gasteiger partial charge in [0.05, 0.1) is 0 Å². The largest absolute Gasteiger partial charge is 0.385 e. The summed E-state index contributed by atoms with van der Waals surface area (Å²) in [4.78, 5) is 12.2. The number of methoxy groups -OCH3 is 1. The Morgan fingerprint density at radius 1 is 1.38 bits per heavy atom. The average Bonchev–Trinajstić information content (AvgIpc) is 2.46. The van der Waals surface area contributed by atoms with Gasteiger partial charge in [-0.3, -0.25) is 4.79 Å². The molecule has 21 heavy (non-hydrogen) atoms. The van der Waals surface area contributed by atoms with Crippen LogP contribution in [0.1, 0.15) is 51.9 Å². The Morgan fingerprint density at radius 3 is 2.67 bits per heavy atom. The van der Waals surface area contributed by atoms with Crippen LogP contribution in [-0.4, -0.2) is 39.3 Å². The SMILES string of the molecule is COCCC1(CNC(=O)CC(C)C2CCNCC2)CCC1. The Hall–Kier alpha value is -0.610. The first kappa shape index (κ1) is 16.8. The fraction of sp³-hybridized carbons (Fsp3) is 0.941. The molecule has 4 nitrogen and oxygen atoms in total. The van der Waals surface area contributed by atoms with Gasteiger partial charge in [0.25, 0.3) is 0 Å². The van der Waals surface area contributed by atoms with Gasteiger partial charge in [0.15, 0.2) is 0 Å². The van der Waals surface area contributed by atoms with Crippen molar-refractivity contribution < 1.29 is 9.53 Å². The van der Waals surface area contributed by atoms with Gasteiger partial charge in [-0.25, -0.2) is 0 Å². The average molecular weight is 296 g/mol. The zero-order valence-electron chi connectivity index (χ0n) is 13.7. The van der Waals surface area contributed by atoms with Crippen molar-refractivity contribution in [3.63, 3.8) is 0 Å². The number of amides is 1. The van der Waals surface area contributed by atoms with E-state index in [4.69, 9.17) is 4.74 Å². The van der Waals surface area contributed by atoms with E-state index in [1.54, 1.807) is 7.11 Å². The maximum Gasteiger partial charge on any atom is 0.220 e. The summed E-state index contributed by atoms with van der Waals surface area (Å²) in [6.07, 6.45) is 7.96. The van der Waals surface area contributed by atoms with Gasteiger partial charge in [0.1, 0.15) is 0 Å². The maximum atomic E-state index is 12.2. The second kappa shape index (κ2) is 8.14. The third-order valence-corrected chi connectivity index (χ3v) is 5.61. The van der Waals surface area contributed by atoms with E-state index in [1.165, 1.54) is 32.1 Å². The van der Waals surface area contributed by atoms with E-state index in [0.29, 0.717) is 23.7 Å². The molecule has 1 atom stereocenters. The first-order valence-corrected chi connectivity index (χ1v) is 8.61. The number of piperidine rings is 1. The molecule has 1 aliphatic heterocycles. The summed E-state index contributed by atoms with van der Waals surface area (Å²) in [5.41, 5.74) is 0.323. The highest BCUT2D eigenvalue weighted by Crippen LogP contribution is 2.43. The van der Waals surface area contributed by atoms with Crippen LogP contribution in [0.25, 0.3) is 0 Å². The fourth-order valence-corrected chi connectivity index (χ4v) is 3.74. The summed E-state index contributed by atoms with van der Waals surface area (Å²) < 4.78 is 5.21. The van der Waals surface area contributed by atoms with Crippen LogP contribution in [0.4, 0.5) is 0 Å². The number of hydrogen-bond acceptors (Lipinski definition) is 3. The van der Waals surface area contributed by atoms with Crippen LogP contribution in [0.5, 0.6) is 0 Å². The van der Waals surface area contributed by atoms with E-state index < -0.39 is 0 Å². The summed E-state index contributed by atoms with van der Waals surface area (Å²) in [7, 11) is 1.76. The molecule has 2 N–H and O–H groups in total. The summed E-state index contributed by atoms with van der Waals surface area (Å²) in [6, 6.07) is 0. The van der Waals surface area contributed by atoms with Crippen LogP contribution in [0.15, 0.2) is 0 Å². The Morgan fingerprint density at radius 2 is 2.10 bits per heavy atom. The molecule has 0 radical (unpaired) electrons. The lowest BCUT2D eigenvalue weighted by molar-refractivity contribution is -0.123. The molecule has 1 aliphatic carbocycles. The van der Waals surface area contributed by atoms with Crippen molar-refractivity contribution in [1.82, 2.24) is 10.6 Å². The van der Waals surface area contributed by atoms with Crippen molar-refractivity contribution >= 4 is 5.91 Å². The molecule has 4 heteroatoms. The molecule has 2 rings (SSSR count). The second-order valence-electron chi connectivity index (χ2n) is 7.14. The molecule has 122 valence electrons. The van der Waals surface area contributed by atoms with Gasteiger partial charge >= 0.3 is 0 Å². The molecule has 0 aromatic rings. The lowest BCUT2D eigenvalue weighted by atomic mass is 9.66. The van der Waals surface area contributed by atoms with E-state index in [2.05, 4.69) is 17.6 Å². The zero-order chi connectivity index (χ0) is 15.1. The quantitative estimate of drug-likeness (QED) is 0.723. The van der Waals surface area contributed by atoms with Gasteiger partial charge < -0.3 is 15.4 Å². The van der Waals surface area contributed by atoms with E-state index in [9.17, 15) is 4.79 Å². The normalized spacial score (nSPS) is 23.3. The first-order valence-electron chi connectivity index (χ1n) is 8.61. The van der Waals surface area contributed by atoms with Crippen LogP contribution in [0.2, 0.25) is 0 Å². The summed E-state index contributed by atoms with van der Waals surface area (Å²) in [5, 5.41) is 6.58. The lowest BCUT2D eigenvalue weighted by Gasteiger charge is -2.42. The van der Waals surface area contributed by atoms with Crippen LogP contribution in [-0.2, 0) is 9.53 Å². The summed E-state index contributed by atoms with van der Waals surface area (Å²) in [5.74, 6) is 1.45. The van der Waals surface area contributed by atoms with E-state index >= 15 is 0 Å². The van der Waals surface area contributed by atoms with Crippen molar-refractivity contribution in [1.29, 1.82) is 0 Å². The van der Waals surface area contributed by atoms with Crippen molar-refractivity contribution in [3.8, 4) is 0 Å². The van der Waals surface area contributed by atoms with Gasteiger partial charge in [-0.2, -0.15) is 0 Å². The molecular formula is C17H32N2O2. The molecule has 0 spiro atoms. The predicted molar refractivity (Wildman–Crippen MR) is 85.2 cm³/mol. The monoisotopic (exact) mass is 296 g/mol. The minimum atomic E-state index is 0.240. The van der Waals surface area contributed by atoms with Crippen molar-refractivity contribution in [2.45, 2.75) is 51.9 Å². The highest BCUT2D eigenvalue weighted by molar-refractivity contribution is 5.76. The van der Waals surface area contributed by atoms with Crippen LogP contribution < -0.4 is 10.6 Å². The molecule has 0 bridgehead atoms. The van der Waals surface area contributed by atoms with Crippen LogP contribution >= 0.6 is 0 Å². The van der Waals surface area contributed by atoms with Gasteiger partial charge in [0.2, 0.25) is 5.91 Å². The van der Waals surface area contributed by atoms with Crippen LogP contribution in [0, 0.1) is 17.3 Å². The number of hydrogen-bond donors (Lipinski definition) is 2. The molecule has 2 aliphatic rings. The van der Waals surface area contributed by atoms with Gasteiger partial charge in [-0.15, -0.1) is 0 Å². The molecule has 0 aromatic carbocycles. The van der Waals surface area contributed by atoms with Crippen molar-refractivity contribution in [2.24, 2.45) is 17.3 Å². The summed E-state index contributed by atoms with van der Waals surface area (Å²) in [6.45, 7) is 6.10. The maximum absolute atomic E-state index is 12.2. The fourth-order valence-electron chi connectivity index (χ4n) is 3.74. The second-order valence-corrected chi connectivity index (χ2v) is 7.14. The Labute approximate surface area is 129 Å². The van der Waals surface area contributed by atoms with E-state index in [-0.39, 0.29) is 5.91 Å². The molecule has 1 saturated carbocycles. The summed E-state index contributed by atoms with van der Waals surface area (Å²) >= 11 is 0. The predicted octanol–water partition coefficient (Wildman–Crippen LogP) is 2.34. The molecule has 1 heterocycles. The third-order valence-electron chi connectivity index (χ3n) is 5.61. The highest BCUT2D eigenvalue weighted by Gasteiger charge is 2.36. The highest BCUT2D eigenvalue weighted by atomic mass is 16.5. The van der Waals surface area contributed by atoms with E-state index in [0.717, 1.165) is 32.7 Å². The number of carbonyl (C=O) groups is 1. The molecule has 1 amide bonds. The number of ether oxygens (including phenoxy) is 1. The Balaban J connectivity index is 1.68. The number of carbonyl (C=O) groups excluding carboxylic acids is 1. The third kappa shape index (κ3) is 4.96. The van der Waals surface area contributed by atoms with E-state index in [1.807, 2.05) is 0 Å². The van der Waals surface area contributed by atoms with Crippen molar-refractivity contribution in [3.05, 3.63) is 0 Å². The topological polar surface area (TPSA) is 50.4 Å². The van der Waals surface area contributed by atoms with Gasteiger partial charge in [-0.1, -0.05) is 13.3 Å². The Bertz CT molecular complexity index is 323.